The summed E-state index contributed by atoms with van der Waals surface area (Å²) in [5, 5.41) is 2.60. The van der Waals surface area contributed by atoms with Crippen LogP contribution in [0.5, 0.6) is 5.75 Å². The molecule has 2 fully saturated rings. The van der Waals surface area contributed by atoms with Crippen LogP contribution < -0.4 is 10.1 Å². The molecular weight excluding hydrogens is 382 g/mol. The Bertz CT molecular complexity index is 849. The van der Waals surface area contributed by atoms with Gasteiger partial charge < -0.3 is 15.0 Å². The molecule has 1 aromatic carbocycles. The molecule has 1 N–H and O–H groups in total. The third kappa shape index (κ3) is 4.15. The predicted molar refractivity (Wildman–Crippen MR) is 105 cm³/mol. The van der Waals surface area contributed by atoms with Crippen LogP contribution in [0.4, 0.5) is 5.69 Å². The van der Waals surface area contributed by atoms with Crippen LogP contribution in [-0.4, -0.2) is 62.2 Å². The topological polar surface area (TPSA) is 96.0 Å². The van der Waals surface area contributed by atoms with Crippen molar-refractivity contribution in [3.8, 4) is 5.75 Å². The lowest BCUT2D eigenvalue weighted by atomic mass is 10.0. The zero-order chi connectivity index (χ0) is 20.3. The lowest BCUT2D eigenvalue weighted by Crippen LogP contribution is -2.52. The van der Waals surface area contributed by atoms with Gasteiger partial charge in [-0.15, -0.1) is 0 Å². The van der Waals surface area contributed by atoms with E-state index in [1.54, 1.807) is 4.90 Å². The summed E-state index contributed by atoms with van der Waals surface area (Å²) in [7, 11) is -2.44. The maximum Gasteiger partial charge on any atom is 0.243 e. The van der Waals surface area contributed by atoms with E-state index in [0.29, 0.717) is 31.8 Å². The molecule has 0 aromatic heterocycles. The SMILES string of the molecule is COc1ccc(S(=O)(=O)N2CCCC[C@@H]2C(=O)N2CCCC2)cc1NC(C)=O. The first kappa shape index (κ1) is 20.6. The number of hydrogen-bond acceptors (Lipinski definition) is 5. The van der Waals surface area contributed by atoms with E-state index < -0.39 is 16.1 Å². The number of hydrogen-bond donors (Lipinski definition) is 1. The predicted octanol–water partition coefficient (Wildman–Crippen LogP) is 1.82. The van der Waals surface area contributed by atoms with Gasteiger partial charge in [-0.1, -0.05) is 6.42 Å². The number of benzene rings is 1. The van der Waals surface area contributed by atoms with Gasteiger partial charge in [0.15, 0.2) is 0 Å². The zero-order valence-electron chi connectivity index (χ0n) is 16.3. The molecule has 1 aromatic rings. The highest BCUT2D eigenvalue weighted by Crippen LogP contribution is 2.32. The number of nitrogens with one attached hydrogen (secondary N) is 1. The summed E-state index contributed by atoms with van der Waals surface area (Å²) in [6.07, 6.45) is 4.00. The molecule has 2 aliphatic heterocycles. The second-order valence-electron chi connectivity index (χ2n) is 7.20. The number of nitrogens with zero attached hydrogens (tertiary/aromatic N) is 2. The van der Waals surface area contributed by atoms with E-state index in [2.05, 4.69) is 5.32 Å². The third-order valence-corrected chi connectivity index (χ3v) is 7.15. The fraction of sp³-hybridized carbons (Fsp3) is 0.579. The number of anilines is 1. The summed E-state index contributed by atoms with van der Waals surface area (Å²) >= 11 is 0. The molecule has 28 heavy (non-hydrogen) atoms. The molecule has 0 spiro atoms. The molecule has 0 radical (unpaired) electrons. The van der Waals surface area contributed by atoms with Crippen LogP contribution in [0.25, 0.3) is 0 Å². The van der Waals surface area contributed by atoms with E-state index in [-0.39, 0.29) is 22.4 Å². The zero-order valence-corrected chi connectivity index (χ0v) is 17.1. The van der Waals surface area contributed by atoms with E-state index in [1.807, 2.05) is 0 Å². The van der Waals surface area contributed by atoms with Gasteiger partial charge >= 0.3 is 0 Å². The van der Waals surface area contributed by atoms with Crippen LogP contribution >= 0.6 is 0 Å². The Hall–Kier alpha value is -2.13. The lowest BCUT2D eigenvalue weighted by Gasteiger charge is -2.35. The van der Waals surface area contributed by atoms with Crippen molar-refractivity contribution in [2.75, 3.05) is 32.1 Å². The Morgan fingerprint density at radius 2 is 1.79 bits per heavy atom. The van der Waals surface area contributed by atoms with Crippen molar-refractivity contribution in [3.05, 3.63) is 18.2 Å². The fourth-order valence-corrected chi connectivity index (χ4v) is 5.54. The third-order valence-electron chi connectivity index (χ3n) is 5.24. The minimum Gasteiger partial charge on any atom is -0.495 e. The highest BCUT2D eigenvalue weighted by Gasteiger charge is 2.40. The molecule has 2 saturated heterocycles. The maximum absolute atomic E-state index is 13.4. The average Bonchev–Trinajstić information content (AvgIpc) is 3.21. The van der Waals surface area contributed by atoms with Crippen LogP contribution in [0.2, 0.25) is 0 Å². The minimum absolute atomic E-state index is 0.0400. The van der Waals surface area contributed by atoms with Gasteiger partial charge in [0.05, 0.1) is 17.7 Å². The van der Waals surface area contributed by atoms with Crippen molar-refractivity contribution >= 4 is 27.5 Å². The van der Waals surface area contributed by atoms with Crippen LogP contribution in [0.1, 0.15) is 39.0 Å². The molecule has 0 unspecified atom stereocenters. The Morgan fingerprint density at radius 1 is 1.11 bits per heavy atom. The van der Waals surface area contributed by atoms with Crippen molar-refractivity contribution in [1.29, 1.82) is 0 Å². The highest BCUT2D eigenvalue weighted by molar-refractivity contribution is 7.89. The van der Waals surface area contributed by atoms with Gasteiger partial charge in [0, 0.05) is 26.6 Å². The first-order valence-corrected chi connectivity index (χ1v) is 11.0. The summed E-state index contributed by atoms with van der Waals surface area (Å²) in [5.41, 5.74) is 0.288. The Morgan fingerprint density at radius 3 is 2.43 bits per heavy atom. The number of amides is 2. The minimum atomic E-state index is -3.89. The monoisotopic (exact) mass is 409 g/mol. The van der Waals surface area contributed by atoms with Gasteiger partial charge in [-0.25, -0.2) is 8.42 Å². The summed E-state index contributed by atoms with van der Waals surface area (Å²) in [6, 6.07) is 3.69. The standard InChI is InChI=1S/C19H27N3O5S/c1-14(23)20-16-13-15(8-9-18(16)27-2)28(25,26)22-12-4-3-7-17(22)19(24)21-10-5-6-11-21/h8-9,13,17H,3-7,10-12H2,1-2H3,(H,20,23)/t17-/m1/s1. The second kappa shape index (κ2) is 8.48. The van der Waals surface area contributed by atoms with Gasteiger partial charge in [0.2, 0.25) is 21.8 Å². The first-order chi connectivity index (χ1) is 13.3. The first-order valence-electron chi connectivity index (χ1n) is 9.61. The van der Waals surface area contributed by atoms with Gasteiger partial charge in [0.25, 0.3) is 0 Å². The summed E-state index contributed by atoms with van der Waals surface area (Å²) < 4.78 is 33.2. The number of rotatable bonds is 5. The molecule has 9 heteroatoms. The largest absolute Gasteiger partial charge is 0.495 e. The van der Waals surface area contributed by atoms with Crippen LogP contribution in [0, 0.1) is 0 Å². The van der Waals surface area contributed by atoms with Crippen molar-refractivity contribution in [1.82, 2.24) is 9.21 Å². The molecule has 0 bridgehead atoms. The molecule has 0 aliphatic carbocycles. The number of sulfonamides is 1. The van der Waals surface area contributed by atoms with Crippen LogP contribution in [-0.2, 0) is 19.6 Å². The van der Waals surface area contributed by atoms with Crippen LogP contribution in [0.15, 0.2) is 23.1 Å². The van der Waals surface area contributed by atoms with Crippen molar-refractivity contribution in [3.63, 3.8) is 0 Å². The van der Waals surface area contributed by atoms with E-state index in [1.165, 1.54) is 36.5 Å². The van der Waals surface area contributed by atoms with Crippen LogP contribution in [0.3, 0.4) is 0 Å². The average molecular weight is 410 g/mol. The number of carbonyl (C=O) groups excluding carboxylic acids is 2. The Labute approximate surface area is 165 Å². The number of carbonyl (C=O) groups is 2. The summed E-state index contributed by atoms with van der Waals surface area (Å²) in [6.45, 7) is 3.04. The number of ether oxygens (including phenoxy) is 1. The molecule has 154 valence electrons. The molecule has 0 saturated carbocycles. The van der Waals surface area contributed by atoms with E-state index >= 15 is 0 Å². The molecule has 2 aliphatic rings. The molecule has 2 amide bonds. The van der Waals surface area contributed by atoms with Gasteiger partial charge in [-0.2, -0.15) is 4.31 Å². The van der Waals surface area contributed by atoms with Crippen molar-refractivity contribution in [2.24, 2.45) is 0 Å². The molecule has 3 rings (SSSR count). The maximum atomic E-state index is 13.4. The quantitative estimate of drug-likeness (QED) is 0.800. The molecular formula is C19H27N3O5S. The van der Waals surface area contributed by atoms with Gasteiger partial charge in [-0.3, -0.25) is 9.59 Å². The van der Waals surface area contributed by atoms with Crippen molar-refractivity contribution < 1.29 is 22.7 Å². The molecule has 1 atom stereocenters. The van der Waals surface area contributed by atoms with Gasteiger partial charge in [0.1, 0.15) is 11.8 Å². The molecule has 8 nitrogen and oxygen atoms in total. The van der Waals surface area contributed by atoms with E-state index in [9.17, 15) is 18.0 Å². The Kier molecular flexibility index (Phi) is 6.24. The number of likely N-dealkylation sites (tertiary alicyclic amines) is 1. The fourth-order valence-electron chi connectivity index (χ4n) is 3.86. The normalized spacial score (nSPS) is 20.8. The summed E-state index contributed by atoms with van der Waals surface area (Å²) in [5.74, 6) is -0.0539. The Balaban J connectivity index is 1.93. The summed E-state index contributed by atoms with van der Waals surface area (Å²) in [4.78, 5) is 26.2. The smallest absolute Gasteiger partial charge is 0.243 e. The molecule has 2 heterocycles. The van der Waals surface area contributed by atoms with Crippen molar-refractivity contribution in [2.45, 2.75) is 50.0 Å². The van der Waals surface area contributed by atoms with E-state index in [4.69, 9.17) is 4.74 Å². The lowest BCUT2D eigenvalue weighted by molar-refractivity contribution is -0.135. The highest BCUT2D eigenvalue weighted by atomic mass is 32.2. The number of methoxy groups -OCH3 is 1. The van der Waals surface area contributed by atoms with Gasteiger partial charge in [-0.05, 0) is 43.9 Å². The number of piperidine rings is 1. The van der Waals surface area contributed by atoms with E-state index in [0.717, 1.165) is 25.7 Å². The second-order valence-corrected chi connectivity index (χ2v) is 9.09.